The molecule has 1 amide bonds. The van der Waals surface area contributed by atoms with Crippen LogP contribution in [0.15, 0.2) is 40.5 Å². The van der Waals surface area contributed by atoms with Crippen molar-refractivity contribution < 1.29 is 4.79 Å². The van der Waals surface area contributed by atoms with Crippen LogP contribution in [-0.4, -0.2) is 34.5 Å². The normalized spacial score (nSPS) is 18.0. The predicted octanol–water partition coefficient (Wildman–Crippen LogP) is 2.00. The van der Waals surface area contributed by atoms with Gasteiger partial charge in [-0.3, -0.25) is 14.5 Å². The SMILES string of the molecule is Cc1csc(=O)n1CCC(=O)NC1CCN(Cc2ccccc2)C1. The number of nitrogens with one attached hydrogen (secondary N) is 1. The Morgan fingerprint density at radius 3 is 2.83 bits per heavy atom. The van der Waals surface area contributed by atoms with E-state index < -0.39 is 0 Å². The van der Waals surface area contributed by atoms with E-state index in [1.807, 2.05) is 18.4 Å². The maximum atomic E-state index is 12.1. The number of nitrogens with zero attached hydrogens (tertiary/aromatic N) is 2. The lowest BCUT2D eigenvalue weighted by atomic mass is 10.2. The zero-order valence-electron chi connectivity index (χ0n) is 13.9. The lowest BCUT2D eigenvalue weighted by Crippen LogP contribution is -2.37. The Balaban J connectivity index is 1.43. The van der Waals surface area contributed by atoms with Gasteiger partial charge in [0.05, 0.1) is 0 Å². The van der Waals surface area contributed by atoms with Gasteiger partial charge in [0.15, 0.2) is 0 Å². The summed E-state index contributed by atoms with van der Waals surface area (Å²) in [7, 11) is 0. The highest BCUT2D eigenvalue weighted by Gasteiger charge is 2.23. The van der Waals surface area contributed by atoms with Crippen LogP contribution >= 0.6 is 11.3 Å². The molecule has 1 saturated heterocycles. The number of hydrogen-bond acceptors (Lipinski definition) is 4. The lowest BCUT2D eigenvalue weighted by molar-refractivity contribution is -0.121. The van der Waals surface area contributed by atoms with Crippen molar-refractivity contribution in [3.63, 3.8) is 0 Å². The van der Waals surface area contributed by atoms with Crippen LogP contribution in [0.4, 0.5) is 0 Å². The summed E-state index contributed by atoms with van der Waals surface area (Å²) < 4.78 is 1.67. The number of rotatable bonds is 6. The van der Waals surface area contributed by atoms with Crippen molar-refractivity contribution in [2.45, 2.75) is 38.9 Å². The third-order valence-electron chi connectivity index (χ3n) is 4.43. The minimum absolute atomic E-state index is 0.00945. The average molecular weight is 345 g/mol. The molecule has 0 bridgehead atoms. The third kappa shape index (κ3) is 4.33. The van der Waals surface area contributed by atoms with Crippen molar-refractivity contribution in [1.29, 1.82) is 0 Å². The van der Waals surface area contributed by atoms with Crippen molar-refractivity contribution in [2.24, 2.45) is 0 Å². The van der Waals surface area contributed by atoms with E-state index >= 15 is 0 Å². The first-order valence-corrected chi connectivity index (χ1v) is 9.20. The Morgan fingerprint density at radius 2 is 2.12 bits per heavy atom. The summed E-state index contributed by atoms with van der Waals surface area (Å²) in [5.41, 5.74) is 2.23. The van der Waals surface area contributed by atoms with Crippen LogP contribution in [0.25, 0.3) is 0 Å². The molecule has 0 radical (unpaired) electrons. The summed E-state index contributed by atoms with van der Waals surface area (Å²) in [6.45, 7) is 5.17. The van der Waals surface area contributed by atoms with Crippen LogP contribution in [0.3, 0.4) is 0 Å². The number of likely N-dealkylation sites (tertiary alicyclic amines) is 1. The molecule has 1 fully saturated rings. The van der Waals surface area contributed by atoms with E-state index in [-0.39, 0.29) is 16.8 Å². The fourth-order valence-corrected chi connectivity index (χ4v) is 3.88. The Morgan fingerprint density at radius 1 is 1.33 bits per heavy atom. The van der Waals surface area contributed by atoms with Crippen molar-refractivity contribution in [2.75, 3.05) is 13.1 Å². The van der Waals surface area contributed by atoms with Gasteiger partial charge in [0.2, 0.25) is 5.91 Å². The highest BCUT2D eigenvalue weighted by molar-refractivity contribution is 7.07. The van der Waals surface area contributed by atoms with Gasteiger partial charge in [-0.15, -0.1) is 0 Å². The molecular formula is C18H23N3O2S. The van der Waals surface area contributed by atoms with Gasteiger partial charge in [-0.1, -0.05) is 41.7 Å². The number of amides is 1. The van der Waals surface area contributed by atoms with Gasteiger partial charge < -0.3 is 9.88 Å². The van der Waals surface area contributed by atoms with E-state index in [0.29, 0.717) is 13.0 Å². The number of carbonyl (C=O) groups excluding carboxylic acids is 1. The van der Waals surface area contributed by atoms with Gasteiger partial charge in [-0.25, -0.2) is 0 Å². The molecule has 2 aromatic rings. The number of benzene rings is 1. The molecule has 0 spiro atoms. The first kappa shape index (κ1) is 16.9. The zero-order chi connectivity index (χ0) is 16.9. The van der Waals surface area contributed by atoms with Crippen molar-refractivity contribution in [3.05, 3.63) is 56.6 Å². The molecule has 24 heavy (non-hydrogen) atoms. The number of aromatic nitrogens is 1. The molecule has 1 unspecified atom stereocenters. The quantitative estimate of drug-likeness (QED) is 0.871. The largest absolute Gasteiger partial charge is 0.352 e. The number of thiazole rings is 1. The maximum Gasteiger partial charge on any atom is 0.307 e. The molecule has 5 nitrogen and oxygen atoms in total. The van der Waals surface area contributed by atoms with E-state index in [9.17, 15) is 9.59 Å². The Hall–Kier alpha value is -1.92. The summed E-state index contributed by atoms with van der Waals surface area (Å²) in [5, 5.41) is 4.94. The summed E-state index contributed by atoms with van der Waals surface area (Å²) in [6.07, 6.45) is 1.34. The number of aryl methyl sites for hydroxylation is 1. The fourth-order valence-electron chi connectivity index (χ4n) is 3.12. The molecule has 1 aliphatic rings. The summed E-state index contributed by atoms with van der Waals surface area (Å²) in [4.78, 5) is 26.2. The lowest BCUT2D eigenvalue weighted by Gasteiger charge is -2.17. The monoisotopic (exact) mass is 345 g/mol. The van der Waals surface area contributed by atoms with Gasteiger partial charge >= 0.3 is 4.87 Å². The van der Waals surface area contributed by atoms with E-state index in [0.717, 1.165) is 31.7 Å². The van der Waals surface area contributed by atoms with Gasteiger partial charge in [-0.05, 0) is 18.9 Å². The van der Waals surface area contributed by atoms with E-state index in [2.05, 4.69) is 34.5 Å². The molecule has 1 aromatic carbocycles. The summed E-state index contributed by atoms with van der Waals surface area (Å²) in [5.74, 6) is 0.0269. The second kappa shape index (κ2) is 7.77. The highest BCUT2D eigenvalue weighted by Crippen LogP contribution is 2.13. The van der Waals surface area contributed by atoms with Crippen molar-refractivity contribution in [3.8, 4) is 0 Å². The van der Waals surface area contributed by atoms with Gasteiger partial charge in [-0.2, -0.15) is 0 Å². The molecule has 1 aromatic heterocycles. The summed E-state index contributed by atoms with van der Waals surface area (Å²) in [6, 6.07) is 10.6. The Labute approximate surface area is 145 Å². The van der Waals surface area contributed by atoms with Crippen molar-refractivity contribution in [1.82, 2.24) is 14.8 Å². The first-order valence-electron chi connectivity index (χ1n) is 8.32. The molecule has 0 aliphatic carbocycles. The average Bonchev–Trinajstić information content (AvgIpc) is 3.13. The molecule has 3 rings (SSSR count). The molecule has 128 valence electrons. The Kier molecular flexibility index (Phi) is 5.48. The molecule has 1 aliphatic heterocycles. The second-order valence-corrected chi connectivity index (χ2v) is 7.14. The zero-order valence-corrected chi connectivity index (χ0v) is 14.7. The number of hydrogen-bond donors (Lipinski definition) is 1. The van der Waals surface area contributed by atoms with Crippen LogP contribution in [0.5, 0.6) is 0 Å². The first-order chi connectivity index (χ1) is 11.6. The Bertz CT molecular complexity index is 738. The van der Waals surface area contributed by atoms with Gasteiger partial charge in [0.1, 0.15) is 0 Å². The van der Waals surface area contributed by atoms with Crippen LogP contribution in [0, 0.1) is 6.92 Å². The third-order valence-corrected chi connectivity index (χ3v) is 5.31. The smallest absolute Gasteiger partial charge is 0.307 e. The van der Waals surface area contributed by atoms with Gasteiger partial charge in [0, 0.05) is 49.7 Å². The summed E-state index contributed by atoms with van der Waals surface area (Å²) >= 11 is 1.19. The molecule has 0 saturated carbocycles. The topological polar surface area (TPSA) is 54.3 Å². The van der Waals surface area contributed by atoms with E-state index in [4.69, 9.17) is 0 Å². The minimum atomic E-state index is 0.00945. The van der Waals surface area contributed by atoms with Crippen LogP contribution in [0.2, 0.25) is 0 Å². The standard InChI is InChI=1S/C18H23N3O2S/c1-14-13-24-18(23)21(14)10-8-17(22)19-16-7-9-20(12-16)11-15-5-3-2-4-6-15/h2-6,13,16H,7-12H2,1H3,(H,19,22). The predicted molar refractivity (Wildman–Crippen MR) is 96.2 cm³/mol. The molecule has 6 heteroatoms. The van der Waals surface area contributed by atoms with Crippen LogP contribution < -0.4 is 10.2 Å². The van der Waals surface area contributed by atoms with E-state index in [1.165, 1.54) is 16.9 Å². The number of carbonyl (C=O) groups is 1. The molecule has 1 N–H and O–H groups in total. The molecule has 1 atom stereocenters. The molecule has 2 heterocycles. The highest BCUT2D eigenvalue weighted by atomic mass is 32.1. The van der Waals surface area contributed by atoms with Gasteiger partial charge in [0.25, 0.3) is 0 Å². The van der Waals surface area contributed by atoms with Crippen LogP contribution in [0.1, 0.15) is 24.1 Å². The van der Waals surface area contributed by atoms with E-state index in [1.54, 1.807) is 4.57 Å². The molecular weight excluding hydrogens is 322 g/mol. The fraction of sp³-hybridized carbons (Fsp3) is 0.444. The minimum Gasteiger partial charge on any atom is -0.352 e. The van der Waals surface area contributed by atoms with Crippen LogP contribution in [-0.2, 0) is 17.9 Å². The van der Waals surface area contributed by atoms with Crippen molar-refractivity contribution >= 4 is 17.2 Å². The second-order valence-electron chi connectivity index (χ2n) is 6.32. The maximum absolute atomic E-state index is 12.1.